The maximum atomic E-state index is 12.1. The van der Waals surface area contributed by atoms with Crippen molar-refractivity contribution in [2.75, 3.05) is 19.1 Å². The van der Waals surface area contributed by atoms with Gasteiger partial charge in [-0.2, -0.15) is 5.10 Å². The number of nitrogens with one attached hydrogen (secondary N) is 2. The van der Waals surface area contributed by atoms with Crippen LogP contribution in [-0.2, 0) is 11.3 Å². The normalized spacial score (nSPS) is 10.7. The molecule has 0 unspecified atom stereocenters. The van der Waals surface area contributed by atoms with Gasteiger partial charge in [0.1, 0.15) is 0 Å². The van der Waals surface area contributed by atoms with Crippen LogP contribution in [0.3, 0.4) is 0 Å². The first kappa shape index (κ1) is 22.7. The number of carbonyl (C=O) groups is 1. The van der Waals surface area contributed by atoms with E-state index in [1.165, 1.54) is 7.11 Å². The second-order valence-corrected chi connectivity index (χ2v) is 7.75. The van der Waals surface area contributed by atoms with Crippen molar-refractivity contribution in [2.24, 2.45) is 5.10 Å². The van der Waals surface area contributed by atoms with Gasteiger partial charge in [0.25, 0.3) is 5.91 Å². The summed E-state index contributed by atoms with van der Waals surface area (Å²) in [5.74, 6) is 0.703. The Labute approximate surface area is 194 Å². The number of hydrogen-bond donors (Lipinski definition) is 2. The second-order valence-electron chi connectivity index (χ2n) is 6.46. The molecule has 2 N–H and O–H groups in total. The molecule has 1 amide bonds. The number of rotatable bonds is 9. The Bertz CT molecular complexity index is 1040. The van der Waals surface area contributed by atoms with E-state index in [2.05, 4.69) is 31.8 Å². The molecule has 3 rings (SSSR count). The summed E-state index contributed by atoms with van der Waals surface area (Å²) < 4.78 is 11.8. The Morgan fingerprint density at radius 2 is 1.87 bits per heavy atom. The molecule has 0 radical (unpaired) electrons. The van der Waals surface area contributed by atoms with Crippen molar-refractivity contribution in [2.45, 2.75) is 6.54 Å². The molecule has 0 spiro atoms. The zero-order chi connectivity index (χ0) is 22.1. The largest absolute Gasteiger partial charge is 0.493 e. The summed E-state index contributed by atoms with van der Waals surface area (Å²) in [5, 5.41) is 7.70. The number of benzene rings is 3. The van der Waals surface area contributed by atoms with Crippen molar-refractivity contribution in [3.8, 4) is 11.5 Å². The second kappa shape index (κ2) is 11.4. The number of hydrazone groups is 1. The number of ether oxygens (including phenoxy) is 2. The van der Waals surface area contributed by atoms with Gasteiger partial charge >= 0.3 is 0 Å². The molecule has 0 aliphatic heterocycles. The molecule has 0 aliphatic rings. The standard InChI is InChI=1S/C23H21BrClN3O3/c1-30-21-12-17(14-27-28-19-9-7-18(25)8-10-19)11-20(24)23(21)31-15-22(29)26-13-16-5-3-2-4-6-16/h2-12,14,28H,13,15H2,1H3,(H,26,29). The van der Waals surface area contributed by atoms with E-state index in [9.17, 15) is 4.79 Å². The molecule has 0 saturated carbocycles. The summed E-state index contributed by atoms with van der Waals surface area (Å²) in [6.07, 6.45) is 1.65. The SMILES string of the molecule is COc1cc(C=NNc2ccc(Cl)cc2)cc(Br)c1OCC(=O)NCc1ccccc1. The van der Waals surface area contributed by atoms with Gasteiger partial charge in [-0.1, -0.05) is 41.9 Å². The Morgan fingerprint density at radius 3 is 2.58 bits per heavy atom. The van der Waals surface area contributed by atoms with Crippen molar-refractivity contribution < 1.29 is 14.3 Å². The van der Waals surface area contributed by atoms with E-state index in [-0.39, 0.29) is 12.5 Å². The number of anilines is 1. The fourth-order valence-electron chi connectivity index (χ4n) is 2.65. The lowest BCUT2D eigenvalue weighted by molar-refractivity contribution is -0.123. The van der Waals surface area contributed by atoms with Gasteiger partial charge in [0.2, 0.25) is 0 Å². The highest BCUT2D eigenvalue weighted by atomic mass is 79.9. The van der Waals surface area contributed by atoms with Crippen LogP contribution >= 0.6 is 27.5 Å². The Kier molecular flexibility index (Phi) is 8.32. The van der Waals surface area contributed by atoms with Gasteiger partial charge in [-0.05, 0) is 63.5 Å². The molecular weight excluding hydrogens is 482 g/mol. The van der Waals surface area contributed by atoms with Gasteiger partial charge in [0, 0.05) is 11.6 Å². The minimum Gasteiger partial charge on any atom is -0.493 e. The summed E-state index contributed by atoms with van der Waals surface area (Å²) in [6, 6.07) is 20.5. The first-order valence-electron chi connectivity index (χ1n) is 9.41. The maximum absolute atomic E-state index is 12.1. The van der Waals surface area contributed by atoms with Crippen LogP contribution in [0.4, 0.5) is 5.69 Å². The van der Waals surface area contributed by atoms with Crippen LogP contribution in [0, 0.1) is 0 Å². The van der Waals surface area contributed by atoms with Crippen molar-refractivity contribution in [3.05, 3.63) is 87.4 Å². The average Bonchev–Trinajstić information content (AvgIpc) is 2.78. The lowest BCUT2D eigenvalue weighted by Crippen LogP contribution is -2.28. The topological polar surface area (TPSA) is 71.9 Å². The molecule has 3 aromatic rings. The van der Waals surface area contributed by atoms with Crippen molar-refractivity contribution >= 4 is 45.3 Å². The van der Waals surface area contributed by atoms with E-state index in [1.807, 2.05) is 48.5 Å². The summed E-state index contributed by atoms with van der Waals surface area (Å²) in [4.78, 5) is 12.1. The van der Waals surface area contributed by atoms with Crippen LogP contribution in [0.1, 0.15) is 11.1 Å². The van der Waals surface area contributed by atoms with Crippen LogP contribution in [0.15, 0.2) is 76.3 Å². The zero-order valence-electron chi connectivity index (χ0n) is 16.8. The van der Waals surface area contributed by atoms with Gasteiger partial charge in [-0.3, -0.25) is 10.2 Å². The van der Waals surface area contributed by atoms with Gasteiger partial charge in [0.05, 0.1) is 23.5 Å². The third kappa shape index (κ3) is 7.01. The van der Waals surface area contributed by atoms with E-state index in [0.29, 0.717) is 27.5 Å². The van der Waals surface area contributed by atoms with E-state index >= 15 is 0 Å². The summed E-state index contributed by atoms with van der Waals surface area (Å²) in [5.41, 5.74) is 5.55. The molecule has 160 valence electrons. The molecule has 3 aromatic carbocycles. The molecule has 0 aromatic heterocycles. The van der Waals surface area contributed by atoms with Gasteiger partial charge in [-0.15, -0.1) is 0 Å². The Hall–Kier alpha value is -3.03. The Balaban J connectivity index is 1.58. The third-order valence-electron chi connectivity index (χ3n) is 4.18. The minimum absolute atomic E-state index is 0.132. The van der Waals surface area contributed by atoms with Gasteiger partial charge in [0.15, 0.2) is 18.1 Å². The number of amides is 1. The Morgan fingerprint density at radius 1 is 1.13 bits per heavy atom. The monoisotopic (exact) mass is 501 g/mol. The number of methoxy groups -OCH3 is 1. The highest BCUT2D eigenvalue weighted by Gasteiger charge is 2.13. The number of carbonyl (C=O) groups excluding carboxylic acids is 1. The molecule has 8 heteroatoms. The highest BCUT2D eigenvalue weighted by Crippen LogP contribution is 2.36. The first-order chi connectivity index (χ1) is 15.0. The highest BCUT2D eigenvalue weighted by molar-refractivity contribution is 9.10. The number of halogens is 2. The first-order valence-corrected chi connectivity index (χ1v) is 10.6. The van der Waals surface area contributed by atoms with Crippen molar-refractivity contribution in [3.63, 3.8) is 0 Å². The molecule has 0 atom stereocenters. The van der Waals surface area contributed by atoms with Crippen LogP contribution in [0.25, 0.3) is 0 Å². The van der Waals surface area contributed by atoms with Crippen molar-refractivity contribution in [1.29, 1.82) is 0 Å². The smallest absolute Gasteiger partial charge is 0.258 e. The lowest BCUT2D eigenvalue weighted by Gasteiger charge is -2.13. The van der Waals surface area contributed by atoms with Crippen molar-refractivity contribution in [1.82, 2.24) is 5.32 Å². The van der Waals surface area contributed by atoms with Crippen LogP contribution in [0.5, 0.6) is 11.5 Å². The molecule has 31 heavy (non-hydrogen) atoms. The van der Waals surface area contributed by atoms with E-state index < -0.39 is 0 Å². The van der Waals surface area contributed by atoms with E-state index in [1.54, 1.807) is 24.4 Å². The van der Waals surface area contributed by atoms with E-state index in [4.69, 9.17) is 21.1 Å². The lowest BCUT2D eigenvalue weighted by atomic mass is 10.2. The van der Waals surface area contributed by atoms with Crippen LogP contribution in [0.2, 0.25) is 5.02 Å². The molecule has 6 nitrogen and oxygen atoms in total. The number of nitrogens with zero attached hydrogens (tertiary/aromatic N) is 1. The molecular formula is C23H21BrClN3O3. The van der Waals surface area contributed by atoms with Crippen LogP contribution < -0.4 is 20.2 Å². The van der Waals surface area contributed by atoms with Gasteiger partial charge in [-0.25, -0.2) is 0 Å². The average molecular weight is 503 g/mol. The molecule has 0 heterocycles. The third-order valence-corrected chi connectivity index (χ3v) is 5.02. The van der Waals surface area contributed by atoms with E-state index in [0.717, 1.165) is 16.8 Å². The van der Waals surface area contributed by atoms with Crippen LogP contribution in [-0.4, -0.2) is 25.8 Å². The molecule has 0 saturated heterocycles. The molecule has 0 aliphatic carbocycles. The predicted octanol–water partition coefficient (Wildman–Crippen LogP) is 5.25. The zero-order valence-corrected chi connectivity index (χ0v) is 19.1. The minimum atomic E-state index is -0.226. The quantitative estimate of drug-likeness (QED) is 0.310. The summed E-state index contributed by atoms with van der Waals surface area (Å²) in [7, 11) is 1.54. The summed E-state index contributed by atoms with van der Waals surface area (Å²) >= 11 is 9.35. The summed E-state index contributed by atoms with van der Waals surface area (Å²) in [6.45, 7) is 0.310. The number of hydrogen-bond acceptors (Lipinski definition) is 5. The predicted molar refractivity (Wildman–Crippen MR) is 127 cm³/mol. The maximum Gasteiger partial charge on any atom is 0.258 e. The molecule has 0 fully saturated rings. The van der Waals surface area contributed by atoms with Gasteiger partial charge < -0.3 is 14.8 Å². The fraction of sp³-hybridized carbons (Fsp3) is 0.130. The fourth-order valence-corrected chi connectivity index (χ4v) is 3.35. The molecule has 0 bridgehead atoms.